The van der Waals surface area contributed by atoms with Crippen molar-refractivity contribution in [2.24, 2.45) is 11.8 Å². The van der Waals surface area contributed by atoms with E-state index in [0.717, 1.165) is 102 Å². The van der Waals surface area contributed by atoms with Crippen molar-refractivity contribution >= 4 is 65.7 Å². The smallest absolute Gasteiger partial charge is 0.407 e. The number of aryl methyl sites for hydroxylation is 2. The second-order valence-electron chi connectivity index (χ2n) is 21.1. The summed E-state index contributed by atoms with van der Waals surface area (Å²) >= 11 is 9.35. The number of hydrogen-bond donors (Lipinski definition) is 5. The third-order valence-corrected chi connectivity index (χ3v) is 13.1. The molecule has 5 N–H and O–H groups in total. The summed E-state index contributed by atoms with van der Waals surface area (Å²) in [6.07, 6.45) is 18.4. The van der Waals surface area contributed by atoms with Gasteiger partial charge in [0, 0.05) is 49.0 Å². The van der Waals surface area contributed by atoms with Crippen molar-refractivity contribution in [1.82, 2.24) is 50.1 Å². The number of nitrogens with one attached hydrogen (secondary N) is 3. The van der Waals surface area contributed by atoms with Crippen molar-refractivity contribution in [2.75, 3.05) is 31.5 Å². The van der Waals surface area contributed by atoms with E-state index in [0.29, 0.717) is 30.8 Å². The molecule has 426 valence electrons. The van der Waals surface area contributed by atoms with Crippen LogP contribution in [-0.2, 0) is 41.6 Å². The summed E-state index contributed by atoms with van der Waals surface area (Å²) in [7, 11) is 2.89. The van der Waals surface area contributed by atoms with Crippen molar-refractivity contribution in [1.29, 1.82) is 0 Å². The molecule has 0 radical (unpaired) electrons. The number of hydrogen-bond acceptors (Lipinski definition) is 17. The Morgan fingerprint density at radius 3 is 1.51 bits per heavy atom. The molecule has 2 aliphatic rings. The number of thiol groups is 1. The summed E-state index contributed by atoms with van der Waals surface area (Å²) in [5, 5.41) is 17.7. The van der Waals surface area contributed by atoms with E-state index in [1.807, 2.05) is 120 Å². The van der Waals surface area contributed by atoms with Gasteiger partial charge in [0.1, 0.15) is 11.2 Å². The highest BCUT2D eigenvalue weighted by Crippen LogP contribution is 2.34. The minimum atomic E-state index is -0.536. The fraction of sp³-hybridized carbons (Fsp3) is 0.474. The maximum absolute atomic E-state index is 12.0. The lowest BCUT2D eigenvalue weighted by molar-refractivity contribution is -0.147. The van der Waals surface area contributed by atoms with E-state index < -0.39 is 23.4 Å². The molecule has 0 saturated heterocycles. The van der Waals surface area contributed by atoms with Gasteiger partial charge in [-0.2, -0.15) is 22.8 Å². The van der Waals surface area contributed by atoms with Crippen LogP contribution in [0.5, 0.6) is 0 Å². The first kappa shape index (κ1) is 62.6. The van der Waals surface area contributed by atoms with Crippen molar-refractivity contribution in [3.63, 3.8) is 0 Å². The van der Waals surface area contributed by atoms with Crippen LogP contribution < -0.4 is 21.7 Å². The molecule has 2 amide bonds. The molecule has 20 nitrogen and oxygen atoms in total. The molecule has 22 heteroatoms. The number of anilines is 3. The summed E-state index contributed by atoms with van der Waals surface area (Å²) in [4.78, 5) is 63.9. The van der Waals surface area contributed by atoms with E-state index in [1.165, 1.54) is 14.2 Å². The van der Waals surface area contributed by atoms with Crippen LogP contribution in [0.2, 0.25) is 5.28 Å². The first-order valence-electron chi connectivity index (χ1n) is 26.2. The molecular weight excluding hydrogens is 1050 g/mol. The lowest BCUT2D eigenvalue weighted by atomic mass is 9.86. The topological polar surface area (TPSA) is 255 Å². The monoisotopic (exact) mass is 1120 g/mol. The average Bonchev–Trinajstić information content (AvgIpc) is 4.11. The zero-order valence-corrected chi connectivity index (χ0v) is 48.9. The van der Waals surface area contributed by atoms with Crippen LogP contribution in [-0.4, -0.2) is 95.3 Å². The van der Waals surface area contributed by atoms with Crippen molar-refractivity contribution in [3.8, 4) is 22.5 Å². The van der Waals surface area contributed by atoms with Crippen LogP contribution in [0.4, 0.5) is 26.9 Å². The third kappa shape index (κ3) is 20.2. The Kier molecular flexibility index (Phi) is 23.5. The number of halogens is 1. The van der Waals surface area contributed by atoms with E-state index in [4.69, 9.17) is 36.3 Å². The molecular formula is C57H77ClN12O8S. The number of nitrogens with zero attached hydrogens (tertiary/aromatic N) is 8. The largest absolute Gasteiger partial charge is 0.469 e. The third-order valence-electron chi connectivity index (χ3n) is 12.9. The molecule has 6 aromatic rings. The summed E-state index contributed by atoms with van der Waals surface area (Å²) in [6, 6.07) is 16.2. The fourth-order valence-corrected chi connectivity index (χ4v) is 9.06. The molecule has 0 bridgehead atoms. The van der Waals surface area contributed by atoms with Crippen molar-refractivity contribution < 1.29 is 38.1 Å². The number of ether oxygens (including phenoxy) is 4. The molecule has 2 saturated carbocycles. The van der Waals surface area contributed by atoms with Gasteiger partial charge in [-0.1, -0.05) is 24.3 Å². The van der Waals surface area contributed by atoms with Crippen LogP contribution >= 0.6 is 24.2 Å². The quantitative estimate of drug-likeness (QED) is 0.0330. The number of methoxy groups -OCH3 is 2. The standard InChI is InChI=1S/C28H36N6O4.C17H20ClN3O2.C11H17N3O2.CH4S/c1-18-14-20(6-7-21(18)15-30-27(36)38-28(2,3)4)24-12-13-29-26(33-24)32-22-16-31-34(17-22)23-10-8-19(9-11-23)25(35)37-5;1-11-9-12(14-7-8-19-15(18)21-14)5-6-13(11)10-20-16(22)23-17(2,3)4;1-16-11(15)8-2-4-10(5-3-8)14-7-9(12)6-13-14;1-2/h6-7,12-14,16-17,19,23H,8-11,15H2,1-5H3,(H,30,36)(H,29,32,33);5-9H,10H2,1-4H3,(H,20,22);6-8,10H,2-5,12H2,1H3;2H,1H3. The number of rotatable bonds is 12. The lowest BCUT2D eigenvalue weighted by Crippen LogP contribution is -2.32. The number of nitrogen functional groups attached to an aromatic ring is 1. The van der Waals surface area contributed by atoms with Crippen LogP contribution in [0.1, 0.15) is 127 Å². The van der Waals surface area contributed by atoms with Crippen molar-refractivity contribution in [2.45, 2.75) is 143 Å². The lowest BCUT2D eigenvalue weighted by Gasteiger charge is -2.26. The van der Waals surface area contributed by atoms with E-state index in [2.05, 4.69) is 58.7 Å². The van der Waals surface area contributed by atoms with E-state index >= 15 is 0 Å². The van der Waals surface area contributed by atoms with Crippen LogP contribution in [0, 0.1) is 25.7 Å². The first-order chi connectivity index (χ1) is 37.6. The zero-order chi connectivity index (χ0) is 57.9. The summed E-state index contributed by atoms with van der Waals surface area (Å²) in [5.74, 6) is 0.322. The molecule has 0 unspecified atom stereocenters. The Bertz CT molecular complexity index is 2940. The SMILES string of the molecule is COC(=O)C1CCC(n2cc(N)cn2)CC1.COC(=O)C1CCC(n2cc(Nc3nccc(-c4ccc(CNC(=O)OC(C)(C)C)c(C)c4)n3)cn2)CC1.CS.Cc1cc(-c2ccnc(Cl)n2)ccc1CNC(=O)OC(C)(C)C. The number of esters is 2. The molecule has 4 aromatic heterocycles. The molecule has 2 aliphatic carbocycles. The highest BCUT2D eigenvalue weighted by atomic mass is 35.5. The molecule has 0 atom stereocenters. The molecule has 8 rings (SSSR count). The van der Waals surface area contributed by atoms with Gasteiger partial charge in [-0.15, -0.1) is 0 Å². The highest BCUT2D eigenvalue weighted by molar-refractivity contribution is 7.79. The number of aromatic nitrogens is 8. The summed E-state index contributed by atoms with van der Waals surface area (Å²) in [5.41, 5.74) is 13.6. The highest BCUT2D eigenvalue weighted by Gasteiger charge is 2.29. The van der Waals surface area contributed by atoms with Gasteiger partial charge in [0.05, 0.1) is 73.3 Å². The van der Waals surface area contributed by atoms with Crippen LogP contribution in [0.3, 0.4) is 0 Å². The molecule has 2 fully saturated rings. The molecule has 0 aliphatic heterocycles. The zero-order valence-electron chi connectivity index (χ0n) is 47.2. The van der Waals surface area contributed by atoms with Crippen molar-refractivity contribution in [3.05, 3.63) is 113 Å². The fourth-order valence-electron chi connectivity index (χ4n) is 8.91. The van der Waals surface area contributed by atoms with Gasteiger partial charge in [-0.3, -0.25) is 19.0 Å². The van der Waals surface area contributed by atoms with Gasteiger partial charge in [0.25, 0.3) is 0 Å². The Hall–Kier alpha value is -7.26. The average molecular weight is 1130 g/mol. The minimum Gasteiger partial charge on any atom is -0.469 e. The van der Waals surface area contributed by atoms with Gasteiger partial charge in [-0.05, 0) is 171 Å². The van der Waals surface area contributed by atoms with E-state index in [-0.39, 0.29) is 35.1 Å². The maximum Gasteiger partial charge on any atom is 0.407 e. The minimum absolute atomic E-state index is 0.0144. The number of benzene rings is 2. The van der Waals surface area contributed by atoms with Gasteiger partial charge >= 0.3 is 24.1 Å². The Morgan fingerprint density at radius 2 is 1.09 bits per heavy atom. The van der Waals surface area contributed by atoms with Crippen LogP contribution in [0.25, 0.3) is 22.5 Å². The number of carbonyl (C=O) groups excluding carboxylic acids is 4. The van der Waals surface area contributed by atoms with E-state index in [9.17, 15) is 19.2 Å². The van der Waals surface area contributed by atoms with Gasteiger partial charge in [-0.25, -0.2) is 29.5 Å². The second kappa shape index (κ2) is 29.6. The van der Waals surface area contributed by atoms with Crippen LogP contribution in [0.15, 0.2) is 85.7 Å². The summed E-state index contributed by atoms with van der Waals surface area (Å²) < 4.78 is 24.0. The molecule has 2 aromatic carbocycles. The normalized spacial score (nSPS) is 16.9. The molecule has 0 spiro atoms. The predicted molar refractivity (Wildman–Crippen MR) is 309 cm³/mol. The number of alkyl carbamates (subject to hydrolysis) is 2. The number of amides is 2. The van der Waals surface area contributed by atoms with E-state index in [1.54, 1.807) is 37.1 Å². The Labute approximate surface area is 474 Å². The summed E-state index contributed by atoms with van der Waals surface area (Å²) in [6.45, 7) is 15.8. The predicted octanol–water partition coefficient (Wildman–Crippen LogP) is 11.4. The Balaban J connectivity index is 0.000000237. The first-order valence-corrected chi connectivity index (χ1v) is 27.5. The second-order valence-corrected chi connectivity index (χ2v) is 21.5. The molecule has 79 heavy (non-hydrogen) atoms. The number of carbonyl (C=O) groups is 4. The molecule has 4 heterocycles. The number of nitrogens with two attached hydrogens (primary N) is 1. The Morgan fingerprint density at radius 1 is 0.646 bits per heavy atom. The maximum atomic E-state index is 12.0. The van der Waals surface area contributed by atoms with Gasteiger partial charge in [0.2, 0.25) is 11.2 Å². The van der Waals surface area contributed by atoms with Gasteiger partial charge in [0.15, 0.2) is 0 Å². The van der Waals surface area contributed by atoms with Gasteiger partial charge < -0.3 is 40.6 Å².